The van der Waals surface area contributed by atoms with Crippen molar-refractivity contribution in [3.63, 3.8) is 0 Å². The summed E-state index contributed by atoms with van der Waals surface area (Å²) in [5.74, 6) is -15.2. The van der Waals surface area contributed by atoms with E-state index in [-0.39, 0.29) is 6.54 Å². The quantitative estimate of drug-likeness (QED) is 0.207. The van der Waals surface area contributed by atoms with E-state index < -0.39 is 76.7 Å². The average Bonchev–Trinajstić information content (AvgIpc) is 2.64. The van der Waals surface area contributed by atoms with Gasteiger partial charge in [0.05, 0.1) is 0 Å². The zero-order valence-electron chi connectivity index (χ0n) is 18.8. The van der Waals surface area contributed by atoms with Gasteiger partial charge in [0.1, 0.15) is 17.2 Å². The smallest absolute Gasteiger partial charge is 0.408 e. The molecule has 0 spiro atoms. The molecule has 2 amide bonds. The van der Waals surface area contributed by atoms with Crippen LogP contribution in [-0.2, 0) is 14.3 Å². The van der Waals surface area contributed by atoms with Gasteiger partial charge < -0.3 is 24.8 Å². The number of esters is 1. The summed E-state index contributed by atoms with van der Waals surface area (Å²) in [5, 5.41) is 4.34. The van der Waals surface area contributed by atoms with Crippen LogP contribution in [0.15, 0.2) is 0 Å². The molecular formula is C20H25F5N2O6. The molecular weight excluding hydrogens is 459 g/mol. The molecule has 0 aromatic heterocycles. The Morgan fingerprint density at radius 2 is 1.18 bits per heavy atom. The predicted octanol–water partition coefficient (Wildman–Crippen LogP) is 4.10. The van der Waals surface area contributed by atoms with E-state index >= 15 is 0 Å². The van der Waals surface area contributed by atoms with Crippen molar-refractivity contribution in [1.82, 2.24) is 10.6 Å². The van der Waals surface area contributed by atoms with Gasteiger partial charge in [-0.05, 0) is 48.0 Å². The summed E-state index contributed by atoms with van der Waals surface area (Å²) < 4.78 is 82.0. The highest BCUT2D eigenvalue weighted by Gasteiger charge is 2.32. The second kappa shape index (κ2) is 10.7. The van der Waals surface area contributed by atoms with Crippen LogP contribution in [0.5, 0.6) is 5.75 Å². The summed E-state index contributed by atoms with van der Waals surface area (Å²) >= 11 is 0. The number of halogens is 5. The topological polar surface area (TPSA) is 103 Å². The molecule has 1 aromatic rings. The zero-order valence-corrected chi connectivity index (χ0v) is 18.8. The van der Waals surface area contributed by atoms with Crippen LogP contribution in [0, 0.1) is 29.1 Å². The molecule has 186 valence electrons. The van der Waals surface area contributed by atoms with Crippen molar-refractivity contribution < 1.29 is 50.5 Å². The molecule has 0 heterocycles. The number of hydrogen-bond donors (Lipinski definition) is 2. The first kappa shape index (κ1) is 27.9. The molecule has 1 rings (SSSR count). The lowest BCUT2D eigenvalue weighted by Gasteiger charge is -2.23. The van der Waals surface area contributed by atoms with Gasteiger partial charge in [-0.3, -0.25) is 0 Å². The molecule has 0 radical (unpaired) electrons. The highest BCUT2D eigenvalue weighted by atomic mass is 19.2. The number of carbonyl (C=O) groups is 3. The first-order valence-electron chi connectivity index (χ1n) is 9.62. The summed E-state index contributed by atoms with van der Waals surface area (Å²) in [4.78, 5) is 36.2. The lowest BCUT2D eigenvalue weighted by Crippen LogP contribution is -2.47. The molecule has 13 heteroatoms. The van der Waals surface area contributed by atoms with Crippen LogP contribution in [0.1, 0.15) is 48.0 Å². The van der Waals surface area contributed by atoms with Gasteiger partial charge in [-0.2, -0.15) is 8.78 Å². The van der Waals surface area contributed by atoms with Gasteiger partial charge in [-0.25, -0.2) is 27.6 Å². The Balaban J connectivity index is 3.04. The highest BCUT2D eigenvalue weighted by Crippen LogP contribution is 2.29. The van der Waals surface area contributed by atoms with Crippen molar-refractivity contribution in [2.45, 2.75) is 65.2 Å². The highest BCUT2D eigenvalue weighted by molar-refractivity contribution is 5.83. The average molecular weight is 484 g/mol. The van der Waals surface area contributed by atoms with E-state index in [9.17, 15) is 36.3 Å². The minimum absolute atomic E-state index is 0.304. The van der Waals surface area contributed by atoms with Crippen LogP contribution < -0.4 is 15.4 Å². The third kappa shape index (κ3) is 8.73. The van der Waals surface area contributed by atoms with E-state index in [2.05, 4.69) is 15.4 Å². The normalized spacial score (nSPS) is 12.6. The van der Waals surface area contributed by atoms with Gasteiger partial charge in [0.2, 0.25) is 34.8 Å². The molecule has 1 atom stereocenters. The number of nitrogens with one attached hydrogen (secondary N) is 2. The molecule has 0 saturated heterocycles. The van der Waals surface area contributed by atoms with Gasteiger partial charge in [0, 0.05) is 6.54 Å². The number of rotatable bonds is 6. The van der Waals surface area contributed by atoms with Gasteiger partial charge in [0.15, 0.2) is 0 Å². The summed E-state index contributed by atoms with van der Waals surface area (Å²) in [6.07, 6.45) is -2.42. The Bertz CT molecular complexity index is 883. The molecule has 8 nitrogen and oxygen atoms in total. The summed E-state index contributed by atoms with van der Waals surface area (Å²) in [6, 6.07) is -1.70. The Morgan fingerprint density at radius 1 is 0.758 bits per heavy atom. The maximum Gasteiger partial charge on any atom is 0.408 e. The molecule has 0 aliphatic carbocycles. The second-order valence-corrected chi connectivity index (χ2v) is 8.74. The molecule has 0 aliphatic heterocycles. The maximum atomic E-state index is 13.8. The molecule has 0 bridgehead atoms. The van der Waals surface area contributed by atoms with Crippen LogP contribution in [0.2, 0.25) is 0 Å². The van der Waals surface area contributed by atoms with E-state index in [1.807, 2.05) is 0 Å². The Hall–Kier alpha value is -3.12. The zero-order chi connectivity index (χ0) is 25.7. The SMILES string of the molecule is CC(C)(C)OC(=O)NCC[C@H](NC(=O)OC(C)(C)C)C(=O)Oc1c(F)c(F)c(F)c(F)c1F. The van der Waals surface area contributed by atoms with Crippen molar-refractivity contribution in [1.29, 1.82) is 0 Å². The van der Waals surface area contributed by atoms with E-state index in [4.69, 9.17) is 9.47 Å². The minimum atomic E-state index is -2.44. The first-order valence-corrected chi connectivity index (χ1v) is 9.62. The fourth-order valence-corrected chi connectivity index (χ4v) is 2.18. The van der Waals surface area contributed by atoms with Crippen LogP contribution in [0.4, 0.5) is 31.5 Å². The van der Waals surface area contributed by atoms with Crippen LogP contribution in [0.25, 0.3) is 0 Å². The second-order valence-electron chi connectivity index (χ2n) is 8.74. The van der Waals surface area contributed by atoms with E-state index in [1.54, 1.807) is 20.8 Å². The number of carbonyl (C=O) groups excluding carboxylic acids is 3. The van der Waals surface area contributed by atoms with Gasteiger partial charge in [-0.15, -0.1) is 0 Å². The Kier molecular flexibility index (Phi) is 9.02. The monoisotopic (exact) mass is 484 g/mol. The van der Waals surface area contributed by atoms with Crippen LogP contribution >= 0.6 is 0 Å². The number of benzene rings is 1. The third-order valence-corrected chi connectivity index (χ3v) is 3.45. The summed E-state index contributed by atoms with van der Waals surface area (Å²) in [6.45, 7) is 9.03. The number of ether oxygens (including phenoxy) is 3. The number of alkyl carbamates (subject to hydrolysis) is 2. The van der Waals surface area contributed by atoms with E-state index in [0.29, 0.717) is 0 Å². The number of amides is 2. The maximum absolute atomic E-state index is 13.8. The molecule has 1 aromatic carbocycles. The third-order valence-electron chi connectivity index (χ3n) is 3.45. The van der Waals surface area contributed by atoms with Gasteiger partial charge in [0.25, 0.3) is 0 Å². The lowest BCUT2D eigenvalue weighted by atomic mass is 10.2. The van der Waals surface area contributed by atoms with Gasteiger partial charge in [-0.1, -0.05) is 0 Å². The van der Waals surface area contributed by atoms with Crippen molar-refractivity contribution >= 4 is 18.2 Å². The number of hydrogen-bond acceptors (Lipinski definition) is 6. The molecule has 2 N–H and O–H groups in total. The minimum Gasteiger partial charge on any atom is -0.444 e. The van der Waals surface area contributed by atoms with Crippen molar-refractivity contribution in [3.8, 4) is 5.75 Å². The van der Waals surface area contributed by atoms with Crippen LogP contribution in [0.3, 0.4) is 0 Å². The molecule has 0 saturated carbocycles. The molecule has 0 aliphatic rings. The predicted molar refractivity (Wildman–Crippen MR) is 104 cm³/mol. The summed E-state index contributed by atoms with van der Waals surface area (Å²) in [5.41, 5.74) is -1.82. The van der Waals surface area contributed by atoms with Crippen molar-refractivity contribution in [2.24, 2.45) is 0 Å². The van der Waals surface area contributed by atoms with Crippen molar-refractivity contribution in [2.75, 3.05) is 6.54 Å². The summed E-state index contributed by atoms with van der Waals surface area (Å²) in [7, 11) is 0. The van der Waals surface area contributed by atoms with Gasteiger partial charge >= 0.3 is 18.2 Å². The molecule has 33 heavy (non-hydrogen) atoms. The Labute approximate surface area is 186 Å². The Morgan fingerprint density at radius 3 is 1.64 bits per heavy atom. The molecule has 0 fully saturated rings. The molecule has 0 unspecified atom stereocenters. The van der Waals surface area contributed by atoms with E-state index in [0.717, 1.165) is 0 Å². The fourth-order valence-electron chi connectivity index (χ4n) is 2.18. The van der Waals surface area contributed by atoms with E-state index in [1.165, 1.54) is 20.8 Å². The van der Waals surface area contributed by atoms with Crippen LogP contribution in [-0.4, -0.2) is 41.9 Å². The lowest BCUT2D eigenvalue weighted by molar-refractivity contribution is -0.137. The standard InChI is InChI=1S/C20H25F5N2O6/c1-19(2,3)32-17(29)26-8-7-9(27-18(30)33-20(4,5)6)16(28)31-15-13(24)11(22)10(21)12(23)14(15)25/h9H,7-8H2,1-6H3,(H,26,29)(H,27,30)/t9-/m0/s1. The fraction of sp³-hybridized carbons (Fsp3) is 0.550. The largest absolute Gasteiger partial charge is 0.444 e. The first-order chi connectivity index (χ1) is 14.9. The van der Waals surface area contributed by atoms with Crippen molar-refractivity contribution in [3.05, 3.63) is 29.1 Å².